The van der Waals surface area contributed by atoms with Crippen LogP contribution in [0.4, 0.5) is 0 Å². The van der Waals surface area contributed by atoms with Gasteiger partial charge >= 0.3 is 7.12 Å². The number of rotatable bonds is 1. The first-order chi connectivity index (χ1) is 6.18. The van der Waals surface area contributed by atoms with Crippen molar-refractivity contribution in [1.29, 1.82) is 0 Å². The fourth-order valence-electron chi connectivity index (χ4n) is 1.13. The molecule has 4 nitrogen and oxygen atoms in total. The first-order valence-corrected chi connectivity index (χ1v) is 4.01. The van der Waals surface area contributed by atoms with Crippen LogP contribution in [-0.4, -0.2) is 24.0 Å². The minimum absolute atomic E-state index is 0.136. The van der Waals surface area contributed by atoms with E-state index in [2.05, 4.69) is 0 Å². The van der Waals surface area contributed by atoms with Gasteiger partial charge in [0.1, 0.15) is 0 Å². The Morgan fingerprint density at radius 1 is 1.23 bits per heavy atom. The SMILES string of the molecule is OB(O)c1cc2c(cc1Cl)OCO2. The Bertz CT molecular complexity index is 342. The second-order valence-corrected chi connectivity index (χ2v) is 3.01. The van der Waals surface area contributed by atoms with E-state index in [0.29, 0.717) is 11.5 Å². The molecule has 1 aliphatic rings. The highest BCUT2D eigenvalue weighted by Crippen LogP contribution is 2.33. The van der Waals surface area contributed by atoms with Gasteiger partial charge in [0, 0.05) is 16.6 Å². The zero-order valence-electron chi connectivity index (χ0n) is 6.53. The summed E-state index contributed by atoms with van der Waals surface area (Å²) in [6.07, 6.45) is 0. The Kier molecular flexibility index (Phi) is 2.07. The van der Waals surface area contributed by atoms with Crippen LogP contribution < -0.4 is 14.9 Å². The number of halogens is 1. The van der Waals surface area contributed by atoms with Gasteiger partial charge in [0.2, 0.25) is 6.79 Å². The second-order valence-electron chi connectivity index (χ2n) is 2.60. The molecule has 2 N–H and O–H groups in total. The molecule has 6 heteroatoms. The van der Waals surface area contributed by atoms with Crippen LogP contribution in [0, 0.1) is 0 Å². The van der Waals surface area contributed by atoms with Gasteiger partial charge in [0.25, 0.3) is 0 Å². The lowest BCUT2D eigenvalue weighted by Gasteiger charge is -2.03. The molecule has 0 bridgehead atoms. The molecule has 0 radical (unpaired) electrons. The zero-order valence-corrected chi connectivity index (χ0v) is 7.28. The summed E-state index contributed by atoms with van der Waals surface area (Å²) in [7, 11) is -1.60. The summed E-state index contributed by atoms with van der Waals surface area (Å²) in [4.78, 5) is 0. The molecule has 1 heterocycles. The van der Waals surface area contributed by atoms with Crippen molar-refractivity contribution in [3.05, 3.63) is 17.2 Å². The Hall–Kier alpha value is -0.905. The van der Waals surface area contributed by atoms with Gasteiger partial charge in [-0.05, 0) is 6.07 Å². The van der Waals surface area contributed by atoms with Gasteiger partial charge in [-0.1, -0.05) is 11.6 Å². The quantitative estimate of drug-likeness (QED) is 0.614. The van der Waals surface area contributed by atoms with E-state index >= 15 is 0 Å². The predicted octanol–water partition coefficient (Wildman–Crippen LogP) is -0.252. The maximum absolute atomic E-state index is 8.91. The molecular weight excluding hydrogens is 194 g/mol. The van der Waals surface area contributed by atoms with Crippen molar-refractivity contribution in [3.63, 3.8) is 0 Å². The maximum Gasteiger partial charge on any atom is 0.490 e. The van der Waals surface area contributed by atoms with Crippen LogP contribution >= 0.6 is 11.6 Å². The van der Waals surface area contributed by atoms with Gasteiger partial charge < -0.3 is 19.5 Å². The van der Waals surface area contributed by atoms with E-state index in [1.165, 1.54) is 12.1 Å². The average Bonchev–Trinajstić information content (AvgIpc) is 2.48. The van der Waals surface area contributed by atoms with Crippen molar-refractivity contribution in [2.24, 2.45) is 0 Å². The van der Waals surface area contributed by atoms with Gasteiger partial charge in [-0.3, -0.25) is 0 Å². The first kappa shape index (κ1) is 8.68. The summed E-state index contributed by atoms with van der Waals surface area (Å²) < 4.78 is 10.1. The summed E-state index contributed by atoms with van der Waals surface area (Å²) in [5.41, 5.74) is 0.214. The molecule has 0 aromatic heterocycles. The number of fused-ring (bicyclic) bond motifs is 1. The Balaban J connectivity index is 2.49. The van der Waals surface area contributed by atoms with Crippen molar-refractivity contribution >= 4 is 24.2 Å². The molecule has 0 amide bonds. The van der Waals surface area contributed by atoms with Gasteiger partial charge in [0.05, 0.1) is 0 Å². The summed E-state index contributed by atoms with van der Waals surface area (Å²) in [6, 6.07) is 2.95. The molecule has 0 fully saturated rings. The van der Waals surface area contributed by atoms with E-state index in [1.54, 1.807) is 0 Å². The normalized spacial score (nSPS) is 13.2. The molecule has 0 unspecified atom stereocenters. The Morgan fingerprint density at radius 2 is 1.85 bits per heavy atom. The average molecular weight is 200 g/mol. The van der Waals surface area contributed by atoms with Crippen LogP contribution in [0.15, 0.2) is 12.1 Å². The number of hydrogen-bond donors (Lipinski definition) is 2. The van der Waals surface area contributed by atoms with E-state index < -0.39 is 7.12 Å². The third-order valence-electron chi connectivity index (χ3n) is 1.77. The molecule has 1 aromatic rings. The number of hydrogen-bond acceptors (Lipinski definition) is 4. The standard InChI is InChI=1S/C7H6BClO4/c9-5-2-7-6(12-3-13-7)1-4(5)8(10)11/h1-2,10-11H,3H2. The maximum atomic E-state index is 8.91. The summed E-state index contributed by atoms with van der Waals surface area (Å²) in [5, 5.41) is 18.1. The van der Waals surface area contributed by atoms with Crippen molar-refractivity contribution in [2.75, 3.05) is 6.79 Å². The predicted molar refractivity (Wildman–Crippen MR) is 47.4 cm³/mol. The molecule has 0 saturated heterocycles. The lowest BCUT2D eigenvalue weighted by Crippen LogP contribution is -2.30. The van der Waals surface area contributed by atoms with Gasteiger partial charge in [-0.15, -0.1) is 0 Å². The highest BCUT2D eigenvalue weighted by Gasteiger charge is 2.22. The Morgan fingerprint density at radius 3 is 2.46 bits per heavy atom. The van der Waals surface area contributed by atoms with Gasteiger partial charge in [0.15, 0.2) is 11.5 Å². The second kappa shape index (κ2) is 3.10. The van der Waals surface area contributed by atoms with Crippen LogP contribution in [-0.2, 0) is 0 Å². The molecule has 0 atom stereocenters. The molecule has 1 aromatic carbocycles. The number of benzene rings is 1. The van der Waals surface area contributed by atoms with Crippen LogP contribution in [0.1, 0.15) is 0 Å². The first-order valence-electron chi connectivity index (χ1n) is 3.63. The van der Waals surface area contributed by atoms with E-state index in [4.69, 9.17) is 31.1 Å². The van der Waals surface area contributed by atoms with Gasteiger partial charge in [-0.2, -0.15) is 0 Å². The third-order valence-corrected chi connectivity index (χ3v) is 2.10. The monoisotopic (exact) mass is 200 g/mol. The van der Waals surface area contributed by atoms with Crippen molar-refractivity contribution in [3.8, 4) is 11.5 Å². The van der Waals surface area contributed by atoms with Crippen LogP contribution in [0.25, 0.3) is 0 Å². The van der Waals surface area contributed by atoms with Gasteiger partial charge in [-0.25, -0.2) is 0 Å². The van der Waals surface area contributed by atoms with Crippen molar-refractivity contribution in [2.45, 2.75) is 0 Å². The minimum atomic E-state index is -1.60. The van der Waals surface area contributed by atoms with Crippen LogP contribution in [0.3, 0.4) is 0 Å². The fraction of sp³-hybridized carbons (Fsp3) is 0.143. The molecule has 68 valence electrons. The lowest BCUT2D eigenvalue weighted by atomic mass is 9.80. The van der Waals surface area contributed by atoms with Crippen LogP contribution in [0.5, 0.6) is 11.5 Å². The van der Waals surface area contributed by atoms with E-state index in [9.17, 15) is 0 Å². The van der Waals surface area contributed by atoms with E-state index in [1.807, 2.05) is 0 Å². The Labute approximate surface area is 79.8 Å². The highest BCUT2D eigenvalue weighted by atomic mass is 35.5. The fourth-order valence-corrected chi connectivity index (χ4v) is 1.38. The third kappa shape index (κ3) is 1.46. The minimum Gasteiger partial charge on any atom is -0.454 e. The van der Waals surface area contributed by atoms with Crippen molar-refractivity contribution in [1.82, 2.24) is 0 Å². The van der Waals surface area contributed by atoms with E-state index in [-0.39, 0.29) is 17.3 Å². The van der Waals surface area contributed by atoms with Crippen LogP contribution in [0.2, 0.25) is 5.02 Å². The topological polar surface area (TPSA) is 58.9 Å². The highest BCUT2D eigenvalue weighted by molar-refractivity contribution is 6.62. The van der Waals surface area contributed by atoms with Crippen molar-refractivity contribution < 1.29 is 19.5 Å². The summed E-state index contributed by atoms with van der Waals surface area (Å²) in [6.45, 7) is 0.136. The zero-order chi connectivity index (χ0) is 9.42. The smallest absolute Gasteiger partial charge is 0.454 e. The molecule has 0 saturated carbocycles. The largest absolute Gasteiger partial charge is 0.490 e. The molecule has 2 rings (SSSR count). The molecule has 13 heavy (non-hydrogen) atoms. The van der Waals surface area contributed by atoms with E-state index in [0.717, 1.165) is 0 Å². The lowest BCUT2D eigenvalue weighted by molar-refractivity contribution is 0.174. The summed E-state index contributed by atoms with van der Waals surface area (Å²) >= 11 is 5.75. The molecule has 0 aliphatic carbocycles. The number of ether oxygens (including phenoxy) is 2. The molecule has 0 spiro atoms. The summed E-state index contributed by atoms with van der Waals surface area (Å²) in [5.74, 6) is 1.00. The molecule has 1 aliphatic heterocycles. The molecular formula is C7H6BClO4.